The Morgan fingerprint density at radius 3 is 2.23 bits per heavy atom. The summed E-state index contributed by atoms with van der Waals surface area (Å²) in [7, 11) is 4.49. The van der Waals surface area contributed by atoms with Crippen molar-refractivity contribution in [2.24, 2.45) is 0 Å². The van der Waals surface area contributed by atoms with Gasteiger partial charge in [-0.2, -0.15) is 11.8 Å². The fourth-order valence-corrected chi connectivity index (χ4v) is 4.82. The molecule has 1 heterocycles. The van der Waals surface area contributed by atoms with E-state index in [-0.39, 0.29) is 18.0 Å². The molecular formula is C21H25NO7S2. The molecule has 2 atom stereocenters. The van der Waals surface area contributed by atoms with Gasteiger partial charge in [0.1, 0.15) is 6.04 Å². The van der Waals surface area contributed by atoms with E-state index in [9.17, 15) is 19.5 Å². The number of thioether (sulfide) groups is 1. The first-order valence-electron chi connectivity index (χ1n) is 9.28. The zero-order valence-corrected chi connectivity index (χ0v) is 19.3. The molecule has 0 radical (unpaired) electrons. The van der Waals surface area contributed by atoms with Crippen LogP contribution in [0.4, 0.5) is 0 Å². The number of ketones is 1. The number of hydrogen-bond donors (Lipinski definition) is 2. The number of carbonyl (C=O) groups excluding carboxylic acids is 2. The summed E-state index contributed by atoms with van der Waals surface area (Å²) in [5, 5.41) is 13.3. The lowest BCUT2D eigenvalue weighted by atomic mass is 10.0. The second-order valence-electron chi connectivity index (χ2n) is 6.48. The Morgan fingerprint density at radius 1 is 1.13 bits per heavy atom. The molecule has 31 heavy (non-hydrogen) atoms. The summed E-state index contributed by atoms with van der Waals surface area (Å²) in [6.07, 6.45) is 0.135. The number of hydrogen-bond acceptors (Lipinski definition) is 8. The largest absolute Gasteiger partial charge is 0.493 e. The zero-order valence-electron chi connectivity index (χ0n) is 17.7. The van der Waals surface area contributed by atoms with E-state index in [0.717, 1.165) is 5.56 Å². The van der Waals surface area contributed by atoms with Gasteiger partial charge in [-0.15, -0.1) is 11.3 Å². The normalized spacial score (nSPS) is 12.5. The van der Waals surface area contributed by atoms with E-state index >= 15 is 0 Å². The molecule has 0 aliphatic rings. The van der Waals surface area contributed by atoms with Crippen LogP contribution in [0.2, 0.25) is 0 Å². The number of nitrogens with one attached hydrogen (secondary N) is 1. The second kappa shape index (κ2) is 11.6. The van der Waals surface area contributed by atoms with Gasteiger partial charge >= 0.3 is 5.97 Å². The van der Waals surface area contributed by atoms with Crippen LogP contribution >= 0.6 is 23.1 Å². The summed E-state index contributed by atoms with van der Waals surface area (Å²) >= 11 is 2.61. The Labute approximate surface area is 188 Å². The minimum Gasteiger partial charge on any atom is -0.493 e. The number of thiophene rings is 1. The molecule has 1 amide bonds. The van der Waals surface area contributed by atoms with E-state index in [1.807, 2.05) is 5.38 Å². The molecule has 2 rings (SSSR count). The third-order valence-corrected chi connectivity index (χ3v) is 6.64. The number of methoxy groups -OCH3 is 3. The molecule has 1 aromatic carbocycles. The number of aliphatic carboxylic acids is 1. The lowest BCUT2D eigenvalue weighted by Gasteiger charge is -2.22. The molecule has 0 spiro atoms. The lowest BCUT2D eigenvalue weighted by Crippen LogP contribution is -2.41. The van der Waals surface area contributed by atoms with Gasteiger partial charge in [-0.05, 0) is 29.1 Å². The zero-order chi connectivity index (χ0) is 23.0. The molecule has 10 heteroatoms. The lowest BCUT2D eigenvalue weighted by molar-refractivity contribution is -0.140. The molecule has 1 aromatic heterocycles. The fourth-order valence-electron chi connectivity index (χ4n) is 2.90. The van der Waals surface area contributed by atoms with Crippen LogP contribution < -0.4 is 19.5 Å². The van der Waals surface area contributed by atoms with E-state index in [0.29, 0.717) is 22.1 Å². The number of benzene rings is 1. The minimum atomic E-state index is -1.14. The number of carbonyl (C=O) groups is 3. The standard InChI is InChI=1S/C21H25NO7S2/c1-12(23)22-14(21(25)26)11-31-19(10-15(24)18-6-5-7-30-18)13-8-16(27-2)20(29-4)17(9-13)28-3/h5-9,14,19H,10-11H2,1-4H3,(H,22,23)(H,25,26). The van der Waals surface area contributed by atoms with Crippen molar-refractivity contribution in [2.75, 3.05) is 27.1 Å². The van der Waals surface area contributed by atoms with E-state index in [2.05, 4.69) is 5.32 Å². The van der Waals surface area contributed by atoms with Crippen molar-refractivity contribution in [3.63, 3.8) is 0 Å². The summed E-state index contributed by atoms with van der Waals surface area (Å²) < 4.78 is 16.2. The average molecular weight is 468 g/mol. The maximum absolute atomic E-state index is 12.8. The van der Waals surface area contributed by atoms with Crippen LogP contribution in [0.1, 0.15) is 33.8 Å². The maximum atomic E-state index is 12.8. The highest BCUT2D eigenvalue weighted by molar-refractivity contribution is 7.99. The minimum absolute atomic E-state index is 0.0624. The Hall–Kier alpha value is -2.72. The van der Waals surface area contributed by atoms with Crippen LogP contribution in [-0.2, 0) is 9.59 Å². The molecule has 0 aliphatic heterocycles. The van der Waals surface area contributed by atoms with Gasteiger partial charge in [-0.1, -0.05) is 6.07 Å². The van der Waals surface area contributed by atoms with Crippen LogP contribution in [0.15, 0.2) is 29.6 Å². The predicted octanol–water partition coefficient (Wildman–Crippen LogP) is 3.41. The smallest absolute Gasteiger partial charge is 0.327 e. The molecular weight excluding hydrogens is 442 g/mol. The monoisotopic (exact) mass is 467 g/mol. The van der Waals surface area contributed by atoms with Crippen LogP contribution in [0.25, 0.3) is 0 Å². The predicted molar refractivity (Wildman–Crippen MR) is 120 cm³/mol. The number of carboxylic acids is 1. The number of Topliss-reactive ketones (excluding diaryl/α,β-unsaturated/α-hetero) is 1. The fraction of sp³-hybridized carbons (Fsp3) is 0.381. The summed E-state index contributed by atoms with van der Waals surface area (Å²) in [6.45, 7) is 1.26. The van der Waals surface area contributed by atoms with Gasteiger partial charge in [0.25, 0.3) is 0 Å². The first kappa shape index (κ1) is 24.5. The SMILES string of the molecule is COc1cc(C(CC(=O)c2cccs2)SCC(NC(C)=O)C(=O)O)cc(OC)c1OC. The Balaban J connectivity index is 2.38. The molecule has 2 N–H and O–H groups in total. The number of carboxylic acid groups (broad SMARTS) is 1. The third kappa shape index (κ3) is 6.63. The first-order chi connectivity index (χ1) is 14.8. The van der Waals surface area contributed by atoms with Crippen molar-refractivity contribution in [3.8, 4) is 17.2 Å². The van der Waals surface area contributed by atoms with Gasteiger partial charge in [-0.25, -0.2) is 4.79 Å². The number of rotatable bonds is 12. The molecule has 0 saturated carbocycles. The molecule has 0 aliphatic carbocycles. The quantitative estimate of drug-likeness (QED) is 0.457. The van der Waals surface area contributed by atoms with E-state index < -0.39 is 23.2 Å². The Bertz CT molecular complexity index is 889. The van der Waals surface area contributed by atoms with Crippen LogP contribution in [0.5, 0.6) is 17.2 Å². The van der Waals surface area contributed by atoms with Gasteiger partial charge in [0, 0.05) is 24.3 Å². The van der Waals surface area contributed by atoms with Crippen molar-refractivity contribution in [2.45, 2.75) is 24.6 Å². The molecule has 168 valence electrons. The van der Waals surface area contributed by atoms with Crippen molar-refractivity contribution in [1.82, 2.24) is 5.32 Å². The molecule has 2 aromatic rings. The average Bonchev–Trinajstić information content (AvgIpc) is 3.29. The van der Waals surface area contributed by atoms with Crippen LogP contribution in [0.3, 0.4) is 0 Å². The van der Waals surface area contributed by atoms with Gasteiger partial charge in [-0.3, -0.25) is 9.59 Å². The second-order valence-corrected chi connectivity index (χ2v) is 8.66. The number of ether oxygens (including phenoxy) is 3. The van der Waals surface area contributed by atoms with Gasteiger partial charge in [0.2, 0.25) is 11.7 Å². The van der Waals surface area contributed by atoms with Crippen molar-refractivity contribution in [3.05, 3.63) is 40.1 Å². The van der Waals surface area contributed by atoms with Crippen molar-refractivity contribution in [1.29, 1.82) is 0 Å². The topological polar surface area (TPSA) is 111 Å². The van der Waals surface area contributed by atoms with E-state index in [4.69, 9.17) is 14.2 Å². The highest BCUT2D eigenvalue weighted by Gasteiger charge is 2.26. The first-order valence-corrected chi connectivity index (χ1v) is 11.2. The molecule has 0 bridgehead atoms. The Kier molecular flexibility index (Phi) is 9.20. The van der Waals surface area contributed by atoms with Crippen LogP contribution in [0, 0.1) is 0 Å². The van der Waals surface area contributed by atoms with Crippen molar-refractivity contribution < 1.29 is 33.7 Å². The van der Waals surface area contributed by atoms with Gasteiger partial charge in [0.15, 0.2) is 17.3 Å². The molecule has 0 saturated heterocycles. The van der Waals surface area contributed by atoms with Gasteiger partial charge in [0.05, 0.1) is 26.2 Å². The molecule has 0 fully saturated rings. The van der Waals surface area contributed by atoms with E-state index in [1.165, 1.54) is 51.4 Å². The maximum Gasteiger partial charge on any atom is 0.327 e. The number of amides is 1. The summed E-state index contributed by atoms with van der Waals surface area (Å²) in [5.41, 5.74) is 0.719. The molecule has 8 nitrogen and oxygen atoms in total. The van der Waals surface area contributed by atoms with E-state index in [1.54, 1.807) is 24.3 Å². The highest BCUT2D eigenvalue weighted by Crippen LogP contribution is 2.44. The summed E-state index contributed by atoms with van der Waals surface area (Å²) in [4.78, 5) is 36.3. The van der Waals surface area contributed by atoms with Gasteiger partial charge < -0.3 is 24.6 Å². The van der Waals surface area contributed by atoms with Crippen LogP contribution in [-0.4, -0.2) is 55.9 Å². The van der Waals surface area contributed by atoms with Crippen molar-refractivity contribution >= 4 is 40.8 Å². The summed E-state index contributed by atoms with van der Waals surface area (Å²) in [5.74, 6) is -0.279. The third-order valence-electron chi connectivity index (χ3n) is 4.37. The highest BCUT2D eigenvalue weighted by atomic mass is 32.2. The summed E-state index contributed by atoms with van der Waals surface area (Å²) in [6, 6.07) is 5.96. The Morgan fingerprint density at radius 2 is 1.77 bits per heavy atom. The molecule has 2 unspecified atom stereocenters.